The maximum absolute atomic E-state index is 11.9. The van der Waals surface area contributed by atoms with E-state index in [-0.39, 0.29) is 5.91 Å². The van der Waals surface area contributed by atoms with Crippen molar-refractivity contribution in [3.8, 4) is 0 Å². The second-order valence-electron chi connectivity index (χ2n) is 4.85. The maximum Gasteiger partial charge on any atom is 0.224 e. The van der Waals surface area contributed by atoms with Crippen LogP contribution in [-0.2, 0) is 11.2 Å². The molecular formula is C16H19N3O. The number of rotatable bonds is 5. The van der Waals surface area contributed by atoms with Crippen molar-refractivity contribution in [2.45, 2.75) is 12.8 Å². The zero-order chi connectivity index (χ0) is 14.4. The van der Waals surface area contributed by atoms with Crippen molar-refractivity contribution < 1.29 is 4.79 Å². The molecule has 104 valence electrons. The van der Waals surface area contributed by atoms with Crippen LogP contribution in [0, 0.1) is 0 Å². The van der Waals surface area contributed by atoms with Gasteiger partial charge in [-0.25, -0.2) is 0 Å². The van der Waals surface area contributed by atoms with Crippen LogP contribution in [0.3, 0.4) is 0 Å². The zero-order valence-electron chi connectivity index (χ0n) is 11.8. The highest BCUT2D eigenvalue weighted by molar-refractivity contribution is 5.91. The minimum atomic E-state index is 0.0257. The summed E-state index contributed by atoms with van der Waals surface area (Å²) >= 11 is 0. The van der Waals surface area contributed by atoms with Crippen LogP contribution >= 0.6 is 0 Å². The summed E-state index contributed by atoms with van der Waals surface area (Å²) in [5.74, 6) is 0.0257. The van der Waals surface area contributed by atoms with Gasteiger partial charge in [-0.15, -0.1) is 0 Å². The Kier molecular flexibility index (Phi) is 4.71. The second-order valence-corrected chi connectivity index (χ2v) is 4.85. The Morgan fingerprint density at radius 3 is 2.65 bits per heavy atom. The average Bonchev–Trinajstić information content (AvgIpc) is 2.46. The largest absolute Gasteiger partial charge is 0.378 e. The Hall–Kier alpha value is -2.36. The number of nitrogens with zero attached hydrogens (tertiary/aromatic N) is 2. The third kappa shape index (κ3) is 4.09. The van der Waals surface area contributed by atoms with Crippen molar-refractivity contribution in [2.24, 2.45) is 0 Å². The fourth-order valence-electron chi connectivity index (χ4n) is 1.89. The molecule has 1 heterocycles. The Morgan fingerprint density at radius 1 is 1.20 bits per heavy atom. The van der Waals surface area contributed by atoms with Gasteiger partial charge < -0.3 is 10.2 Å². The van der Waals surface area contributed by atoms with Gasteiger partial charge in [-0.05, 0) is 42.3 Å². The highest BCUT2D eigenvalue weighted by atomic mass is 16.1. The minimum Gasteiger partial charge on any atom is -0.378 e. The molecule has 0 radical (unpaired) electrons. The molecule has 0 aliphatic heterocycles. The van der Waals surface area contributed by atoms with E-state index in [1.165, 1.54) is 0 Å². The first-order valence-corrected chi connectivity index (χ1v) is 6.61. The summed E-state index contributed by atoms with van der Waals surface area (Å²) in [5.41, 5.74) is 3.02. The first-order valence-electron chi connectivity index (χ1n) is 6.61. The van der Waals surface area contributed by atoms with Crippen LogP contribution in [0.25, 0.3) is 0 Å². The van der Waals surface area contributed by atoms with Gasteiger partial charge in [-0.2, -0.15) is 0 Å². The van der Waals surface area contributed by atoms with E-state index in [2.05, 4.69) is 10.3 Å². The number of nitrogens with one attached hydrogen (secondary N) is 1. The molecule has 1 N–H and O–H groups in total. The third-order valence-corrected chi connectivity index (χ3v) is 3.04. The van der Waals surface area contributed by atoms with Crippen molar-refractivity contribution in [1.82, 2.24) is 4.98 Å². The lowest BCUT2D eigenvalue weighted by molar-refractivity contribution is -0.116. The van der Waals surface area contributed by atoms with E-state index >= 15 is 0 Å². The number of aryl methyl sites for hydroxylation is 1. The van der Waals surface area contributed by atoms with Crippen molar-refractivity contribution in [3.05, 3.63) is 54.4 Å². The van der Waals surface area contributed by atoms with Crippen molar-refractivity contribution >= 4 is 17.3 Å². The monoisotopic (exact) mass is 269 g/mol. The molecule has 1 aromatic carbocycles. The van der Waals surface area contributed by atoms with E-state index in [9.17, 15) is 4.79 Å². The van der Waals surface area contributed by atoms with Crippen LogP contribution in [0.1, 0.15) is 12.0 Å². The van der Waals surface area contributed by atoms with E-state index in [0.717, 1.165) is 23.4 Å². The van der Waals surface area contributed by atoms with Crippen LogP contribution < -0.4 is 10.2 Å². The SMILES string of the molecule is CN(C)c1cccc(NC(=O)CCc2ccncc2)c1. The Morgan fingerprint density at radius 2 is 1.95 bits per heavy atom. The normalized spacial score (nSPS) is 10.1. The number of hydrogen-bond donors (Lipinski definition) is 1. The van der Waals surface area contributed by atoms with Crippen LogP contribution in [0.4, 0.5) is 11.4 Å². The van der Waals surface area contributed by atoms with Gasteiger partial charge in [-0.1, -0.05) is 6.07 Å². The van der Waals surface area contributed by atoms with Gasteiger partial charge in [-0.3, -0.25) is 9.78 Å². The van der Waals surface area contributed by atoms with Gasteiger partial charge in [0.15, 0.2) is 0 Å². The molecular weight excluding hydrogens is 250 g/mol. The first-order chi connectivity index (χ1) is 9.65. The summed E-state index contributed by atoms with van der Waals surface area (Å²) in [6.07, 6.45) is 4.68. The van der Waals surface area contributed by atoms with E-state index in [1.807, 2.05) is 55.4 Å². The summed E-state index contributed by atoms with van der Waals surface area (Å²) < 4.78 is 0. The van der Waals surface area contributed by atoms with E-state index in [4.69, 9.17) is 0 Å². The van der Waals surface area contributed by atoms with Crippen molar-refractivity contribution in [2.75, 3.05) is 24.3 Å². The number of hydrogen-bond acceptors (Lipinski definition) is 3. The average molecular weight is 269 g/mol. The molecule has 1 aromatic heterocycles. The summed E-state index contributed by atoms with van der Waals surface area (Å²) in [6, 6.07) is 11.7. The molecule has 0 saturated heterocycles. The smallest absolute Gasteiger partial charge is 0.224 e. The number of aromatic nitrogens is 1. The zero-order valence-corrected chi connectivity index (χ0v) is 11.8. The van der Waals surface area contributed by atoms with E-state index < -0.39 is 0 Å². The predicted molar refractivity (Wildman–Crippen MR) is 82.0 cm³/mol. The minimum absolute atomic E-state index is 0.0257. The molecule has 4 heteroatoms. The predicted octanol–water partition coefficient (Wildman–Crippen LogP) is 2.72. The van der Waals surface area contributed by atoms with Crippen molar-refractivity contribution in [1.29, 1.82) is 0 Å². The topological polar surface area (TPSA) is 45.2 Å². The van der Waals surface area contributed by atoms with Crippen LogP contribution in [-0.4, -0.2) is 25.0 Å². The van der Waals surface area contributed by atoms with Crippen molar-refractivity contribution in [3.63, 3.8) is 0 Å². The first kappa shape index (κ1) is 14.1. The molecule has 2 aromatic rings. The van der Waals surface area contributed by atoms with E-state index in [0.29, 0.717) is 6.42 Å². The Labute approximate surface area is 119 Å². The molecule has 0 unspecified atom stereocenters. The molecule has 0 atom stereocenters. The number of pyridine rings is 1. The van der Waals surface area contributed by atoms with Gasteiger partial charge in [0, 0.05) is 44.3 Å². The Balaban J connectivity index is 1.90. The summed E-state index contributed by atoms with van der Waals surface area (Å²) in [5, 5.41) is 2.93. The molecule has 0 bridgehead atoms. The quantitative estimate of drug-likeness (QED) is 0.907. The molecule has 0 aliphatic rings. The molecule has 0 spiro atoms. The molecule has 0 saturated carbocycles. The molecule has 4 nitrogen and oxygen atoms in total. The maximum atomic E-state index is 11.9. The highest BCUT2D eigenvalue weighted by Crippen LogP contribution is 2.17. The number of amides is 1. The van der Waals surface area contributed by atoms with Gasteiger partial charge in [0.1, 0.15) is 0 Å². The van der Waals surface area contributed by atoms with Gasteiger partial charge in [0.2, 0.25) is 5.91 Å². The summed E-state index contributed by atoms with van der Waals surface area (Å²) in [4.78, 5) is 17.9. The molecule has 0 fully saturated rings. The summed E-state index contributed by atoms with van der Waals surface area (Å²) in [6.45, 7) is 0. The third-order valence-electron chi connectivity index (χ3n) is 3.04. The lowest BCUT2D eigenvalue weighted by atomic mass is 10.1. The highest BCUT2D eigenvalue weighted by Gasteiger charge is 2.04. The van der Waals surface area contributed by atoms with E-state index in [1.54, 1.807) is 12.4 Å². The van der Waals surface area contributed by atoms with Crippen LogP contribution in [0.15, 0.2) is 48.8 Å². The molecule has 2 rings (SSSR count). The van der Waals surface area contributed by atoms with Crippen LogP contribution in [0.2, 0.25) is 0 Å². The molecule has 0 aliphatic carbocycles. The van der Waals surface area contributed by atoms with Gasteiger partial charge in [0.05, 0.1) is 0 Å². The van der Waals surface area contributed by atoms with Gasteiger partial charge >= 0.3 is 0 Å². The van der Waals surface area contributed by atoms with Crippen LogP contribution in [0.5, 0.6) is 0 Å². The fourth-order valence-corrected chi connectivity index (χ4v) is 1.89. The number of carbonyl (C=O) groups excluding carboxylic acids is 1. The second kappa shape index (κ2) is 6.70. The van der Waals surface area contributed by atoms with Gasteiger partial charge in [0.25, 0.3) is 0 Å². The Bertz CT molecular complexity index is 567. The standard InChI is InChI=1S/C16H19N3O/c1-19(2)15-5-3-4-14(12-15)18-16(20)7-6-13-8-10-17-11-9-13/h3-5,8-12H,6-7H2,1-2H3,(H,18,20). The molecule has 20 heavy (non-hydrogen) atoms. The lowest BCUT2D eigenvalue weighted by Crippen LogP contribution is -2.13. The molecule has 1 amide bonds. The number of benzene rings is 1. The summed E-state index contributed by atoms with van der Waals surface area (Å²) in [7, 11) is 3.95. The number of carbonyl (C=O) groups is 1. The fraction of sp³-hybridized carbons (Fsp3) is 0.250. The lowest BCUT2D eigenvalue weighted by Gasteiger charge is -2.14. The number of anilines is 2.